The Morgan fingerprint density at radius 1 is 1.29 bits per heavy atom. The first-order chi connectivity index (χ1) is 6.38. The van der Waals surface area contributed by atoms with Gasteiger partial charge in [0.25, 0.3) is 0 Å². The molecule has 0 saturated heterocycles. The third-order valence-electron chi connectivity index (χ3n) is 2.16. The van der Waals surface area contributed by atoms with Crippen LogP contribution in [0.2, 0.25) is 5.02 Å². The lowest BCUT2D eigenvalue weighted by Gasteiger charge is -2.18. The summed E-state index contributed by atoms with van der Waals surface area (Å²) in [4.78, 5) is 0. The van der Waals surface area contributed by atoms with Crippen LogP contribution in [0.25, 0.3) is 0 Å². The second-order valence-electron chi connectivity index (χ2n) is 4.80. The highest BCUT2D eigenvalue weighted by molar-refractivity contribution is 9.10. The second-order valence-corrected chi connectivity index (χ2v) is 6.12. The van der Waals surface area contributed by atoms with Crippen molar-refractivity contribution in [2.75, 3.05) is 0 Å². The summed E-state index contributed by atoms with van der Waals surface area (Å²) in [5.74, 6) is 0. The molecule has 2 heteroatoms. The van der Waals surface area contributed by atoms with Crippen molar-refractivity contribution < 1.29 is 0 Å². The van der Waals surface area contributed by atoms with Gasteiger partial charge in [0.2, 0.25) is 0 Å². The molecule has 0 aliphatic carbocycles. The van der Waals surface area contributed by atoms with Crippen LogP contribution in [-0.2, 0) is 6.42 Å². The van der Waals surface area contributed by atoms with E-state index in [1.165, 1.54) is 5.56 Å². The highest BCUT2D eigenvalue weighted by atomic mass is 79.9. The van der Waals surface area contributed by atoms with E-state index in [1.807, 2.05) is 12.1 Å². The summed E-state index contributed by atoms with van der Waals surface area (Å²) in [7, 11) is 0. The highest BCUT2D eigenvalue weighted by Crippen LogP contribution is 2.26. The van der Waals surface area contributed by atoms with Gasteiger partial charge in [-0.2, -0.15) is 0 Å². The molecule has 0 bridgehead atoms. The minimum Gasteiger partial charge on any atom is -0.0840 e. The van der Waals surface area contributed by atoms with Crippen LogP contribution in [0.3, 0.4) is 0 Å². The molecule has 0 aliphatic heterocycles. The Balaban J connectivity index is 2.68. The predicted octanol–water partition coefficient (Wildman–Crippen LogP) is 5.08. The van der Waals surface area contributed by atoms with Crippen molar-refractivity contribution >= 4 is 27.5 Å². The molecule has 0 unspecified atom stereocenters. The van der Waals surface area contributed by atoms with Crippen LogP contribution in [0.5, 0.6) is 0 Å². The molecule has 0 spiro atoms. The molecule has 0 heterocycles. The Bertz CT molecular complexity index is 313. The van der Waals surface area contributed by atoms with E-state index in [0.717, 1.165) is 22.3 Å². The van der Waals surface area contributed by atoms with Gasteiger partial charge in [0.05, 0.1) is 0 Å². The largest absolute Gasteiger partial charge is 0.0840 e. The van der Waals surface area contributed by atoms with Crippen molar-refractivity contribution in [1.29, 1.82) is 0 Å². The lowest BCUT2D eigenvalue weighted by Crippen LogP contribution is -2.06. The third kappa shape index (κ3) is 4.02. The van der Waals surface area contributed by atoms with Gasteiger partial charge >= 0.3 is 0 Å². The van der Waals surface area contributed by atoms with Gasteiger partial charge in [-0.05, 0) is 36.0 Å². The molecular formula is C12H16BrCl. The molecule has 0 fully saturated rings. The van der Waals surface area contributed by atoms with Crippen LogP contribution in [0.15, 0.2) is 22.7 Å². The minimum absolute atomic E-state index is 0.371. The Morgan fingerprint density at radius 2 is 1.93 bits per heavy atom. The molecule has 0 N–H and O–H groups in total. The average Bonchev–Trinajstić information content (AvgIpc) is 2.00. The van der Waals surface area contributed by atoms with Crippen LogP contribution < -0.4 is 0 Å². The molecule has 0 amide bonds. The van der Waals surface area contributed by atoms with Crippen LogP contribution in [0, 0.1) is 5.41 Å². The first kappa shape index (κ1) is 12.1. The maximum Gasteiger partial charge on any atom is 0.0449 e. The van der Waals surface area contributed by atoms with Crippen LogP contribution in [0.1, 0.15) is 32.8 Å². The molecule has 0 aromatic heterocycles. The maximum atomic E-state index is 6.13. The van der Waals surface area contributed by atoms with E-state index in [-0.39, 0.29) is 0 Å². The van der Waals surface area contributed by atoms with E-state index in [1.54, 1.807) is 0 Å². The standard InChI is InChI=1S/C12H16BrCl/c1-12(2,3)7-6-9-4-5-10(13)8-11(9)14/h4-5,8H,6-7H2,1-3H3. The summed E-state index contributed by atoms with van der Waals surface area (Å²) in [6.45, 7) is 6.75. The van der Waals surface area contributed by atoms with Crippen LogP contribution in [-0.4, -0.2) is 0 Å². The summed E-state index contributed by atoms with van der Waals surface area (Å²) in [6, 6.07) is 6.10. The van der Waals surface area contributed by atoms with Crippen LogP contribution in [0.4, 0.5) is 0 Å². The van der Waals surface area contributed by atoms with Gasteiger partial charge in [0, 0.05) is 9.50 Å². The Labute approximate surface area is 99.8 Å². The zero-order chi connectivity index (χ0) is 10.8. The van der Waals surface area contributed by atoms with Gasteiger partial charge < -0.3 is 0 Å². The fraction of sp³-hybridized carbons (Fsp3) is 0.500. The Hall–Kier alpha value is -0.0100. The van der Waals surface area contributed by atoms with Gasteiger partial charge in [-0.15, -0.1) is 0 Å². The van der Waals surface area contributed by atoms with Crippen molar-refractivity contribution in [3.05, 3.63) is 33.3 Å². The minimum atomic E-state index is 0.371. The summed E-state index contributed by atoms with van der Waals surface area (Å²) < 4.78 is 1.04. The average molecular weight is 276 g/mol. The van der Waals surface area contributed by atoms with Crippen molar-refractivity contribution in [1.82, 2.24) is 0 Å². The summed E-state index contributed by atoms with van der Waals surface area (Å²) in [5, 5.41) is 0.864. The van der Waals surface area contributed by atoms with E-state index >= 15 is 0 Å². The first-order valence-electron chi connectivity index (χ1n) is 4.82. The molecule has 78 valence electrons. The molecule has 0 nitrogen and oxygen atoms in total. The zero-order valence-electron chi connectivity index (χ0n) is 8.90. The Morgan fingerprint density at radius 3 is 2.43 bits per heavy atom. The van der Waals surface area contributed by atoms with E-state index in [4.69, 9.17) is 11.6 Å². The predicted molar refractivity (Wildman–Crippen MR) is 66.9 cm³/mol. The molecule has 0 aliphatic rings. The SMILES string of the molecule is CC(C)(C)CCc1ccc(Br)cc1Cl. The molecule has 0 saturated carbocycles. The molecule has 14 heavy (non-hydrogen) atoms. The van der Waals surface area contributed by atoms with E-state index < -0.39 is 0 Å². The van der Waals surface area contributed by atoms with Gasteiger partial charge in [-0.1, -0.05) is 54.4 Å². The summed E-state index contributed by atoms with van der Waals surface area (Å²) in [5.41, 5.74) is 1.61. The maximum absolute atomic E-state index is 6.13. The van der Waals surface area contributed by atoms with Crippen molar-refractivity contribution in [2.45, 2.75) is 33.6 Å². The number of aryl methyl sites for hydroxylation is 1. The molecule has 0 radical (unpaired) electrons. The second kappa shape index (κ2) is 4.67. The quantitative estimate of drug-likeness (QED) is 0.706. The lowest BCUT2D eigenvalue weighted by atomic mass is 9.89. The number of benzene rings is 1. The fourth-order valence-electron chi connectivity index (χ4n) is 1.23. The number of hydrogen-bond acceptors (Lipinski definition) is 0. The fourth-order valence-corrected chi connectivity index (χ4v) is 2.00. The number of halogens is 2. The van der Waals surface area contributed by atoms with Crippen molar-refractivity contribution in [3.8, 4) is 0 Å². The smallest absolute Gasteiger partial charge is 0.0449 e. The normalized spacial score (nSPS) is 11.8. The topological polar surface area (TPSA) is 0 Å². The van der Waals surface area contributed by atoms with Gasteiger partial charge in [0.15, 0.2) is 0 Å². The van der Waals surface area contributed by atoms with Crippen LogP contribution >= 0.6 is 27.5 Å². The number of rotatable bonds is 2. The molecular weight excluding hydrogens is 259 g/mol. The highest BCUT2D eigenvalue weighted by Gasteiger charge is 2.11. The van der Waals surface area contributed by atoms with Gasteiger partial charge in [0.1, 0.15) is 0 Å². The van der Waals surface area contributed by atoms with Crippen molar-refractivity contribution in [3.63, 3.8) is 0 Å². The van der Waals surface area contributed by atoms with Gasteiger partial charge in [-0.3, -0.25) is 0 Å². The first-order valence-corrected chi connectivity index (χ1v) is 5.99. The monoisotopic (exact) mass is 274 g/mol. The third-order valence-corrected chi connectivity index (χ3v) is 3.00. The molecule has 1 aromatic rings. The summed E-state index contributed by atoms with van der Waals surface area (Å²) >= 11 is 9.53. The molecule has 1 rings (SSSR count). The van der Waals surface area contributed by atoms with E-state index in [0.29, 0.717) is 5.41 Å². The van der Waals surface area contributed by atoms with Crippen molar-refractivity contribution in [2.24, 2.45) is 5.41 Å². The zero-order valence-corrected chi connectivity index (χ0v) is 11.2. The lowest BCUT2D eigenvalue weighted by molar-refractivity contribution is 0.378. The molecule has 0 atom stereocenters. The number of hydrogen-bond donors (Lipinski definition) is 0. The summed E-state index contributed by atoms with van der Waals surface area (Å²) in [6.07, 6.45) is 2.21. The van der Waals surface area contributed by atoms with E-state index in [2.05, 4.69) is 42.8 Å². The molecule has 1 aromatic carbocycles. The van der Waals surface area contributed by atoms with Gasteiger partial charge in [-0.25, -0.2) is 0 Å². The van der Waals surface area contributed by atoms with E-state index in [9.17, 15) is 0 Å². The Kier molecular flexibility index (Phi) is 4.03.